The molecule has 0 spiro atoms. The van der Waals surface area contributed by atoms with Crippen molar-refractivity contribution in [1.29, 1.82) is 0 Å². The van der Waals surface area contributed by atoms with Gasteiger partial charge in [-0.05, 0) is 104 Å². The first-order chi connectivity index (χ1) is 54.8. The van der Waals surface area contributed by atoms with Crippen LogP contribution < -0.4 is 14.7 Å². The first-order valence-electron chi connectivity index (χ1n) is 35.2. The molecule has 0 aliphatic carbocycles. The summed E-state index contributed by atoms with van der Waals surface area (Å²) in [6.45, 7) is 19.0. The maximum Gasteiger partial charge on any atom is 0.510 e. The molecule has 1 aliphatic rings. The number of rotatable bonds is 44. The van der Waals surface area contributed by atoms with E-state index in [1.54, 1.807) is 118 Å². The summed E-state index contributed by atoms with van der Waals surface area (Å²) < 4.78 is 156. The number of carbonyl (C=O) groups excluding carboxylic acids is 6. The maximum atomic E-state index is 14.0. The summed E-state index contributed by atoms with van der Waals surface area (Å²) in [7, 11) is -13.1. The molecule has 52 heteroatoms. The third-order valence-corrected chi connectivity index (χ3v) is 18.3. The molecule has 7 heterocycles. The lowest BCUT2D eigenvalue weighted by Gasteiger charge is -2.43. The van der Waals surface area contributed by atoms with Gasteiger partial charge in [0.2, 0.25) is 40.8 Å². The van der Waals surface area contributed by atoms with Crippen LogP contribution in [0.5, 0.6) is 0 Å². The molecule has 1 saturated heterocycles. The second-order valence-electron chi connectivity index (χ2n) is 25.9. The van der Waals surface area contributed by atoms with Crippen LogP contribution >= 0.6 is 22.8 Å². The largest absolute Gasteiger partial charge is 0.510 e. The molecule has 116 heavy (non-hydrogen) atoms. The molecule has 1 aliphatic heterocycles. The summed E-state index contributed by atoms with van der Waals surface area (Å²) in [5.74, 6) is -1.58. The Kier molecular flexibility index (Phi) is 37.4. The maximum absolute atomic E-state index is 14.0. The van der Waals surface area contributed by atoms with E-state index in [0.717, 1.165) is 0 Å². The second kappa shape index (κ2) is 45.8. The lowest BCUT2D eigenvalue weighted by atomic mass is 10.3. The van der Waals surface area contributed by atoms with Crippen LogP contribution in [0.3, 0.4) is 0 Å². The van der Waals surface area contributed by atoms with E-state index in [4.69, 9.17) is 138 Å². The number of aromatic nitrogens is 12. The molecule has 0 aromatic carbocycles. The van der Waals surface area contributed by atoms with Gasteiger partial charge in [0.25, 0.3) is 0 Å². The Morgan fingerprint density at radius 2 is 0.552 bits per heavy atom. The number of carboxylic acids is 2. The smallest absolute Gasteiger partial charge is 0.478 e. The second-order valence-corrected chi connectivity index (χ2v) is 31.8. The van der Waals surface area contributed by atoms with Crippen molar-refractivity contribution in [1.82, 2.24) is 58.6 Å². The van der Waals surface area contributed by atoms with Crippen molar-refractivity contribution in [3.05, 3.63) is 50.1 Å². The molecule has 7 rings (SSSR count). The average Bonchev–Trinajstić information content (AvgIpc) is 1.54. The quantitative estimate of drug-likeness (QED) is 0.0118. The zero-order valence-electron chi connectivity index (χ0n) is 65.9. The third-order valence-electron chi connectivity index (χ3n) is 13.9. The number of hydrogen-bond donors (Lipinski definition) is 2. The van der Waals surface area contributed by atoms with E-state index in [-0.39, 0.29) is 39.6 Å². The summed E-state index contributed by atoms with van der Waals surface area (Å²) in [5, 5.41) is 15.6. The number of fused-ring (bicyclic) bond motifs is 3. The van der Waals surface area contributed by atoms with E-state index in [2.05, 4.69) is 15.0 Å². The number of hydrogen-bond acceptors (Lipinski definition) is 44. The summed E-state index contributed by atoms with van der Waals surface area (Å²) in [4.78, 5) is 140. The zero-order chi connectivity index (χ0) is 85.5. The van der Waals surface area contributed by atoms with Gasteiger partial charge < -0.3 is 110 Å². The van der Waals surface area contributed by atoms with Crippen molar-refractivity contribution in [2.45, 2.75) is 178 Å². The van der Waals surface area contributed by atoms with Crippen LogP contribution in [-0.4, -0.2) is 252 Å². The number of imidazole rings is 3. The van der Waals surface area contributed by atoms with Gasteiger partial charge in [-0.2, -0.15) is 0 Å². The Hall–Kier alpha value is -10.3. The van der Waals surface area contributed by atoms with E-state index in [0.29, 0.717) is 63.1 Å². The SMILES string of the molecule is CC(C)OC(=O)OCOP(=O)(CO[C@H](C)Cn1cnc2c(N3CN(c4ncnc5c4ncn5C[C@@H](C)OCP(=O)(OCOC(=O)OC(C)C)OCOC(=O)OC(C)C)CN(c4ncnc5c4ncn5C[C@@H](C)OCP(=O)(OCOC(=O)OC(C)C)OCOC(=O)OC(C)C)C3)ncnc21)OCOC(=O)OC(C)C.O=C(O)/C=C/C(=O)O. The number of carbonyl (C=O) groups is 8. The van der Waals surface area contributed by atoms with E-state index in [9.17, 15) is 52.1 Å². The van der Waals surface area contributed by atoms with E-state index >= 15 is 0 Å². The normalized spacial score (nSPS) is 13.6. The van der Waals surface area contributed by atoms with Gasteiger partial charge in [-0.3, -0.25) is 40.8 Å². The van der Waals surface area contributed by atoms with Crippen molar-refractivity contribution >= 4 is 123 Å². The van der Waals surface area contributed by atoms with Gasteiger partial charge >= 0.3 is 71.7 Å². The topological polar surface area (TPSA) is 563 Å². The van der Waals surface area contributed by atoms with Gasteiger partial charge in [-0.1, -0.05) is 0 Å². The minimum absolute atomic E-state index is 0.0337. The summed E-state index contributed by atoms with van der Waals surface area (Å²) in [6.07, 6.45) is -4.84. The monoisotopic (exact) mass is 1710 g/mol. The van der Waals surface area contributed by atoms with Crippen LogP contribution in [0.1, 0.15) is 104 Å². The van der Waals surface area contributed by atoms with Crippen LogP contribution in [0.4, 0.5) is 46.2 Å². The highest BCUT2D eigenvalue weighted by atomic mass is 31.2. The summed E-state index contributed by atoms with van der Waals surface area (Å²) in [5.41, 5.74) is 1.90. The highest BCUT2D eigenvalue weighted by Gasteiger charge is 2.36. The van der Waals surface area contributed by atoms with Gasteiger partial charge in [0.1, 0.15) is 38.0 Å². The number of ether oxygens (including phenoxy) is 15. The Morgan fingerprint density at radius 3 is 0.741 bits per heavy atom. The van der Waals surface area contributed by atoms with Crippen molar-refractivity contribution in [3.63, 3.8) is 0 Å². The minimum atomic E-state index is -4.36. The Morgan fingerprint density at radius 1 is 0.345 bits per heavy atom. The molecule has 6 aromatic rings. The molecule has 3 atom stereocenters. The van der Waals surface area contributed by atoms with Crippen LogP contribution in [0.2, 0.25) is 0 Å². The zero-order valence-corrected chi connectivity index (χ0v) is 68.6. The molecule has 6 aromatic heterocycles. The molecule has 644 valence electrons. The molecule has 1 fully saturated rings. The molecule has 0 amide bonds. The van der Waals surface area contributed by atoms with E-state index < -0.39 is 186 Å². The number of anilines is 3. The Labute approximate surface area is 662 Å². The van der Waals surface area contributed by atoms with Crippen LogP contribution in [0.25, 0.3) is 33.5 Å². The van der Waals surface area contributed by atoms with Crippen LogP contribution in [0.15, 0.2) is 50.1 Å². The first kappa shape index (κ1) is 94.5. The van der Waals surface area contributed by atoms with E-state index in [1.807, 2.05) is 14.7 Å². The molecule has 0 radical (unpaired) electrons. The molecule has 0 saturated carbocycles. The predicted molar refractivity (Wildman–Crippen MR) is 393 cm³/mol. The fourth-order valence-corrected chi connectivity index (χ4v) is 12.5. The van der Waals surface area contributed by atoms with E-state index in [1.165, 1.54) is 38.0 Å². The predicted octanol–water partition coefficient (Wildman–Crippen LogP) is 9.40. The third kappa shape index (κ3) is 32.4. The summed E-state index contributed by atoms with van der Waals surface area (Å²) >= 11 is 0. The Balaban J connectivity index is 0.00000247. The first-order valence-corrected chi connectivity index (χ1v) is 40.4. The number of nitrogens with zero attached hydrogens (tertiary/aromatic N) is 15. The van der Waals surface area contributed by atoms with Crippen LogP contribution in [-0.2, 0) is 141 Å². The summed E-state index contributed by atoms with van der Waals surface area (Å²) in [6, 6.07) is 0. The van der Waals surface area contributed by atoms with Gasteiger partial charge in [-0.15, -0.1) is 0 Å². The van der Waals surface area contributed by atoms with Gasteiger partial charge in [0.05, 0.1) is 114 Å². The van der Waals surface area contributed by atoms with Crippen molar-refractivity contribution in [3.8, 4) is 0 Å². The average molecular weight is 1710 g/mol. The highest BCUT2D eigenvalue weighted by Crippen LogP contribution is 2.51. The molecule has 49 nitrogen and oxygen atoms in total. The molecule has 0 unspecified atom stereocenters. The van der Waals surface area contributed by atoms with Gasteiger partial charge in [-0.25, -0.2) is 83.2 Å². The lowest BCUT2D eigenvalue weighted by Crippen LogP contribution is -2.56. The molecule has 0 bridgehead atoms. The molecular formula is C64H94N15O34P3. The standard InChI is InChI=1S/C60H90N15O30P3.C4H4O4/c1-37(2)100-55(76)85-28-94-106(82,95-29-86-56(77)101-38(3)4)34-91-43(13)16-70-22-67-46-49(70)61-19-64-52(46)73-25-74(53-47-50(62-20-65-53)71(23-68-47)17-44(14)92-35-107(83,96-30-87-57(78)102-39(5)6)97-31-88-58(79)103-40(7)8)27-75(26-73)54-48-51(63-21-66-54)72(24-69-48)18-45(15)93-36-108(84,98-32-89-59(80)104-41(9)10)99-33-90-60(81)105-42(11)12;5-3(6)1-2-4(7)8/h19-24,37-45H,16-18,25-36H2,1-15H3;1-2H,(H,5,6)(H,7,8)/b;2-1+/t43-,44-,45-;/m1./s1. The Bertz CT molecular complexity index is 3890. The molecule has 2 N–H and O–H groups in total. The van der Waals surface area contributed by atoms with Gasteiger partial charge in [0, 0.05) is 12.2 Å². The number of aliphatic carboxylic acids is 2. The lowest BCUT2D eigenvalue weighted by molar-refractivity contribution is -0.134. The van der Waals surface area contributed by atoms with Crippen molar-refractivity contribution in [2.24, 2.45) is 0 Å². The van der Waals surface area contributed by atoms with Gasteiger partial charge in [0.15, 0.2) is 50.9 Å². The number of carboxylic acid groups (broad SMARTS) is 2. The highest BCUT2D eigenvalue weighted by molar-refractivity contribution is 7.54. The molecular weight excluding hydrogens is 1620 g/mol. The minimum Gasteiger partial charge on any atom is -0.478 e. The fourth-order valence-electron chi connectivity index (χ4n) is 9.26. The van der Waals surface area contributed by atoms with Crippen LogP contribution in [0, 0.1) is 0 Å². The van der Waals surface area contributed by atoms with Crippen molar-refractivity contribution in [2.75, 3.05) is 94.5 Å². The fraction of sp³-hybridized carbons (Fsp3) is 0.609. The van der Waals surface area contributed by atoms with Crippen molar-refractivity contribution < 1.29 is 160 Å².